The smallest absolute Gasteiger partial charge is 0.168 e. The van der Waals surface area contributed by atoms with E-state index in [0.29, 0.717) is 6.42 Å². The van der Waals surface area contributed by atoms with Gasteiger partial charge in [0, 0.05) is 16.5 Å². The molecule has 1 aromatic rings. The lowest BCUT2D eigenvalue weighted by Gasteiger charge is -2.05. The molecule has 0 amide bonds. The molecule has 0 unspecified atom stereocenters. The maximum absolute atomic E-state index is 11.7. The molecule has 2 heteroatoms. The minimum atomic E-state index is 0.119. The SMILES string of the molecule is C=C(C)CC(=O)c1cccc(C)c1Br. The molecule has 0 heterocycles. The monoisotopic (exact) mass is 252 g/mol. The number of carbonyl (C=O) groups excluding carboxylic acids is 1. The Kier molecular flexibility index (Phi) is 3.64. The molecular weight excluding hydrogens is 240 g/mol. The lowest BCUT2D eigenvalue weighted by atomic mass is 10.0. The summed E-state index contributed by atoms with van der Waals surface area (Å²) in [5.41, 5.74) is 2.72. The predicted octanol–water partition coefficient (Wildman–Crippen LogP) is 3.91. The molecule has 0 fully saturated rings. The van der Waals surface area contributed by atoms with Crippen molar-refractivity contribution in [3.63, 3.8) is 0 Å². The number of ketones is 1. The van der Waals surface area contributed by atoms with Crippen molar-refractivity contribution < 1.29 is 4.79 Å². The van der Waals surface area contributed by atoms with Gasteiger partial charge in [0.1, 0.15) is 0 Å². The predicted molar refractivity (Wildman–Crippen MR) is 62.6 cm³/mol. The highest BCUT2D eigenvalue weighted by Gasteiger charge is 2.10. The van der Waals surface area contributed by atoms with Crippen LogP contribution >= 0.6 is 15.9 Å². The summed E-state index contributed by atoms with van der Waals surface area (Å²) in [7, 11) is 0. The Morgan fingerprint density at radius 1 is 1.50 bits per heavy atom. The Labute approximate surface area is 93.0 Å². The summed E-state index contributed by atoms with van der Waals surface area (Å²) < 4.78 is 0.895. The molecule has 0 saturated heterocycles. The van der Waals surface area contributed by atoms with Gasteiger partial charge in [0.2, 0.25) is 0 Å². The molecule has 0 aromatic heterocycles. The number of carbonyl (C=O) groups is 1. The van der Waals surface area contributed by atoms with E-state index in [2.05, 4.69) is 22.5 Å². The van der Waals surface area contributed by atoms with Gasteiger partial charge in [-0.3, -0.25) is 4.79 Å². The maximum atomic E-state index is 11.7. The van der Waals surface area contributed by atoms with Gasteiger partial charge in [0.05, 0.1) is 0 Å². The number of Topliss-reactive ketones (excluding diaryl/α,β-unsaturated/α-hetero) is 1. The van der Waals surface area contributed by atoms with Gasteiger partial charge in [-0.05, 0) is 35.3 Å². The third-order valence-corrected chi connectivity index (χ3v) is 3.01. The highest BCUT2D eigenvalue weighted by atomic mass is 79.9. The van der Waals surface area contributed by atoms with Crippen LogP contribution in [0.25, 0.3) is 0 Å². The molecule has 0 saturated carbocycles. The van der Waals surface area contributed by atoms with Crippen LogP contribution in [0.3, 0.4) is 0 Å². The highest BCUT2D eigenvalue weighted by Crippen LogP contribution is 2.22. The zero-order valence-electron chi connectivity index (χ0n) is 8.43. The fraction of sp³-hybridized carbons (Fsp3) is 0.250. The summed E-state index contributed by atoms with van der Waals surface area (Å²) in [6.07, 6.45) is 0.419. The average Bonchev–Trinajstić information content (AvgIpc) is 2.08. The largest absolute Gasteiger partial charge is 0.294 e. The summed E-state index contributed by atoms with van der Waals surface area (Å²) in [4.78, 5) is 11.7. The van der Waals surface area contributed by atoms with E-state index in [0.717, 1.165) is 21.2 Å². The molecule has 1 nitrogen and oxygen atoms in total. The first kappa shape index (κ1) is 11.2. The van der Waals surface area contributed by atoms with Crippen LogP contribution in [-0.4, -0.2) is 5.78 Å². The molecule has 0 aliphatic rings. The first-order valence-corrected chi connectivity index (χ1v) is 5.24. The topological polar surface area (TPSA) is 17.1 Å². The van der Waals surface area contributed by atoms with Gasteiger partial charge in [0.25, 0.3) is 0 Å². The van der Waals surface area contributed by atoms with Crippen molar-refractivity contribution in [3.8, 4) is 0 Å². The summed E-state index contributed by atoms with van der Waals surface area (Å²) in [6.45, 7) is 7.57. The van der Waals surface area contributed by atoms with E-state index in [1.54, 1.807) is 0 Å². The molecule has 14 heavy (non-hydrogen) atoms. The lowest BCUT2D eigenvalue weighted by molar-refractivity contribution is 0.0992. The number of aryl methyl sites for hydroxylation is 1. The Morgan fingerprint density at radius 2 is 2.14 bits per heavy atom. The molecule has 1 aromatic carbocycles. The van der Waals surface area contributed by atoms with Crippen LogP contribution in [0.1, 0.15) is 29.3 Å². The minimum absolute atomic E-state index is 0.119. The Morgan fingerprint density at radius 3 is 2.71 bits per heavy atom. The summed E-state index contributed by atoms with van der Waals surface area (Å²) in [6, 6.07) is 5.70. The van der Waals surface area contributed by atoms with Crippen molar-refractivity contribution in [2.24, 2.45) is 0 Å². The van der Waals surface area contributed by atoms with E-state index in [-0.39, 0.29) is 5.78 Å². The molecule has 0 aliphatic heterocycles. The van der Waals surface area contributed by atoms with E-state index in [1.807, 2.05) is 32.0 Å². The Bertz CT molecular complexity index is 380. The Balaban J connectivity index is 3.01. The highest BCUT2D eigenvalue weighted by molar-refractivity contribution is 9.10. The fourth-order valence-corrected chi connectivity index (χ4v) is 1.72. The van der Waals surface area contributed by atoms with Gasteiger partial charge in [-0.25, -0.2) is 0 Å². The van der Waals surface area contributed by atoms with Crippen molar-refractivity contribution in [1.29, 1.82) is 0 Å². The summed E-state index contributed by atoms with van der Waals surface area (Å²) in [5.74, 6) is 0.119. The third-order valence-electron chi connectivity index (χ3n) is 1.95. The molecule has 0 bridgehead atoms. The molecule has 0 atom stereocenters. The summed E-state index contributed by atoms with van der Waals surface area (Å²) >= 11 is 3.42. The fourth-order valence-electron chi connectivity index (χ4n) is 1.23. The molecule has 0 radical (unpaired) electrons. The number of benzene rings is 1. The zero-order valence-corrected chi connectivity index (χ0v) is 10.0. The van der Waals surface area contributed by atoms with Gasteiger partial charge in [-0.1, -0.05) is 30.4 Å². The number of allylic oxidation sites excluding steroid dienone is 1. The van der Waals surface area contributed by atoms with Crippen molar-refractivity contribution in [2.45, 2.75) is 20.3 Å². The summed E-state index contributed by atoms with van der Waals surface area (Å²) in [5, 5.41) is 0. The van der Waals surface area contributed by atoms with Crippen molar-refractivity contribution in [3.05, 3.63) is 46.0 Å². The molecule has 0 spiro atoms. The zero-order chi connectivity index (χ0) is 10.7. The van der Waals surface area contributed by atoms with Crippen molar-refractivity contribution >= 4 is 21.7 Å². The van der Waals surface area contributed by atoms with Crippen LogP contribution in [0.5, 0.6) is 0 Å². The molecule has 0 aliphatic carbocycles. The van der Waals surface area contributed by atoms with Crippen LogP contribution in [0.15, 0.2) is 34.8 Å². The van der Waals surface area contributed by atoms with Crippen LogP contribution in [0, 0.1) is 6.92 Å². The van der Waals surface area contributed by atoms with Crippen LogP contribution in [0.2, 0.25) is 0 Å². The second kappa shape index (κ2) is 4.56. The third kappa shape index (κ3) is 2.55. The van der Waals surface area contributed by atoms with E-state index in [9.17, 15) is 4.79 Å². The van der Waals surface area contributed by atoms with Gasteiger partial charge < -0.3 is 0 Å². The van der Waals surface area contributed by atoms with Crippen LogP contribution in [0.4, 0.5) is 0 Å². The van der Waals surface area contributed by atoms with Crippen LogP contribution < -0.4 is 0 Å². The van der Waals surface area contributed by atoms with E-state index in [4.69, 9.17) is 0 Å². The first-order chi connectivity index (χ1) is 6.52. The standard InChI is InChI=1S/C12H13BrO/c1-8(2)7-11(14)10-6-4-5-9(3)12(10)13/h4-6H,1,7H2,2-3H3. The Hall–Kier alpha value is -0.890. The molecule has 74 valence electrons. The number of hydrogen-bond acceptors (Lipinski definition) is 1. The van der Waals surface area contributed by atoms with Gasteiger partial charge >= 0.3 is 0 Å². The number of hydrogen-bond donors (Lipinski definition) is 0. The molecular formula is C12H13BrO. The second-order valence-corrected chi connectivity index (χ2v) is 4.29. The normalized spacial score (nSPS) is 9.93. The first-order valence-electron chi connectivity index (χ1n) is 4.45. The number of rotatable bonds is 3. The van der Waals surface area contributed by atoms with E-state index >= 15 is 0 Å². The van der Waals surface area contributed by atoms with Gasteiger partial charge in [0.15, 0.2) is 5.78 Å². The van der Waals surface area contributed by atoms with E-state index < -0.39 is 0 Å². The van der Waals surface area contributed by atoms with Gasteiger partial charge in [-0.2, -0.15) is 0 Å². The second-order valence-electron chi connectivity index (χ2n) is 3.49. The van der Waals surface area contributed by atoms with Crippen molar-refractivity contribution in [2.75, 3.05) is 0 Å². The molecule has 1 rings (SSSR count). The van der Waals surface area contributed by atoms with E-state index in [1.165, 1.54) is 0 Å². The maximum Gasteiger partial charge on any atom is 0.168 e. The van der Waals surface area contributed by atoms with Gasteiger partial charge in [-0.15, -0.1) is 0 Å². The quantitative estimate of drug-likeness (QED) is 0.589. The number of halogens is 1. The van der Waals surface area contributed by atoms with Crippen LogP contribution in [-0.2, 0) is 0 Å². The average molecular weight is 253 g/mol. The lowest BCUT2D eigenvalue weighted by Crippen LogP contribution is -2.01. The molecule has 0 N–H and O–H groups in total. The van der Waals surface area contributed by atoms with Crippen molar-refractivity contribution in [1.82, 2.24) is 0 Å². The minimum Gasteiger partial charge on any atom is -0.294 e.